The van der Waals surface area contributed by atoms with Crippen LogP contribution in [0.4, 0.5) is 4.39 Å². The van der Waals surface area contributed by atoms with Gasteiger partial charge in [0.15, 0.2) is 0 Å². The molecule has 4 nitrogen and oxygen atoms in total. The van der Waals surface area contributed by atoms with Crippen LogP contribution in [0.1, 0.15) is 46.8 Å². The molecular formula is C26H25FN2O2. The Balaban J connectivity index is 1.53. The summed E-state index contributed by atoms with van der Waals surface area (Å²) in [6, 6.07) is 24.7. The molecule has 0 aromatic heterocycles. The predicted octanol–water partition coefficient (Wildman–Crippen LogP) is 4.88. The van der Waals surface area contributed by atoms with Crippen molar-refractivity contribution in [3.05, 3.63) is 107 Å². The zero-order chi connectivity index (χ0) is 21.6. The lowest BCUT2D eigenvalue weighted by Crippen LogP contribution is -2.37. The first-order chi connectivity index (χ1) is 15.1. The minimum atomic E-state index is -0.469. The van der Waals surface area contributed by atoms with E-state index in [2.05, 4.69) is 5.32 Å². The average Bonchev–Trinajstić information content (AvgIpc) is 3.64. The minimum absolute atomic E-state index is 0.0898. The van der Waals surface area contributed by atoms with Gasteiger partial charge in [-0.15, -0.1) is 0 Å². The van der Waals surface area contributed by atoms with Crippen molar-refractivity contribution >= 4 is 11.8 Å². The predicted molar refractivity (Wildman–Crippen MR) is 118 cm³/mol. The van der Waals surface area contributed by atoms with Crippen LogP contribution in [0.3, 0.4) is 0 Å². The number of benzene rings is 3. The van der Waals surface area contributed by atoms with Crippen molar-refractivity contribution < 1.29 is 14.0 Å². The van der Waals surface area contributed by atoms with Gasteiger partial charge in [0, 0.05) is 23.7 Å². The third-order valence-electron chi connectivity index (χ3n) is 5.53. The standard InChI is InChI=1S/C26H25FN2O2/c27-23-14-8-7-13-21(23)18-29(22-15-16-22)25(30)17-24(19-9-3-1-4-10-19)28-26(31)20-11-5-2-6-12-20/h1-14,22,24H,15-18H2,(H,28,31)/t24-/m0/s1. The second kappa shape index (κ2) is 9.56. The Hall–Kier alpha value is -3.47. The zero-order valence-corrected chi connectivity index (χ0v) is 17.2. The summed E-state index contributed by atoms with van der Waals surface area (Å²) in [4.78, 5) is 27.8. The molecule has 2 amide bonds. The average molecular weight is 416 g/mol. The first-order valence-corrected chi connectivity index (χ1v) is 10.6. The Bertz CT molecular complexity index is 1040. The van der Waals surface area contributed by atoms with Crippen molar-refractivity contribution in [3.8, 4) is 0 Å². The highest BCUT2D eigenvalue weighted by Gasteiger charge is 2.34. The number of nitrogens with zero attached hydrogens (tertiary/aromatic N) is 1. The quantitative estimate of drug-likeness (QED) is 0.569. The first-order valence-electron chi connectivity index (χ1n) is 10.6. The maximum atomic E-state index is 14.2. The fourth-order valence-corrected chi connectivity index (χ4v) is 3.68. The molecule has 0 aliphatic heterocycles. The normalized spacial score (nSPS) is 14.0. The number of carbonyl (C=O) groups excluding carboxylic acids is 2. The molecule has 0 radical (unpaired) electrons. The summed E-state index contributed by atoms with van der Waals surface area (Å²) in [6.45, 7) is 0.240. The molecule has 1 N–H and O–H groups in total. The number of nitrogens with one attached hydrogen (secondary N) is 1. The first kappa shape index (κ1) is 20.8. The van der Waals surface area contributed by atoms with Gasteiger partial charge in [0.2, 0.25) is 5.91 Å². The third-order valence-corrected chi connectivity index (χ3v) is 5.53. The highest BCUT2D eigenvalue weighted by atomic mass is 19.1. The molecule has 3 aromatic carbocycles. The van der Waals surface area contributed by atoms with Crippen LogP contribution in [-0.4, -0.2) is 22.8 Å². The Morgan fingerprint density at radius 3 is 2.16 bits per heavy atom. The van der Waals surface area contributed by atoms with E-state index < -0.39 is 6.04 Å². The molecule has 4 rings (SSSR count). The molecule has 0 unspecified atom stereocenters. The van der Waals surface area contributed by atoms with Crippen molar-refractivity contribution in [1.82, 2.24) is 10.2 Å². The molecule has 1 aliphatic rings. The van der Waals surface area contributed by atoms with Crippen LogP contribution in [0.2, 0.25) is 0 Å². The summed E-state index contributed by atoms with van der Waals surface area (Å²) in [7, 11) is 0. The highest BCUT2D eigenvalue weighted by Crippen LogP contribution is 2.31. The van der Waals surface area contributed by atoms with E-state index >= 15 is 0 Å². The van der Waals surface area contributed by atoms with Gasteiger partial charge < -0.3 is 10.2 Å². The molecule has 158 valence electrons. The second-order valence-corrected chi connectivity index (χ2v) is 7.85. The van der Waals surface area contributed by atoms with Crippen molar-refractivity contribution in [1.29, 1.82) is 0 Å². The van der Waals surface area contributed by atoms with Crippen LogP contribution in [0.5, 0.6) is 0 Å². The molecule has 0 bridgehead atoms. The Morgan fingerprint density at radius 2 is 1.52 bits per heavy atom. The van der Waals surface area contributed by atoms with E-state index in [-0.39, 0.29) is 36.6 Å². The molecular weight excluding hydrogens is 391 g/mol. The van der Waals surface area contributed by atoms with Crippen LogP contribution >= 0.6 is 0 Å². The van der Waals surface area contributed by atoms with Crippen LogP contribution in [-0.2, 0) is 11.3 Å². The van der Waals surface area contributed by atoms with Crippen LogP contribution in [0.25, 0.3) is 0 Å². The number of carbonyl (C=O) groups is 2. The lowest BCUT2D eigenvalue weighted by Gasteiger charge is -2.26. The fraction of sp³-hybridized carbons (Fsp3) is 0.231. The number of hydrogen-bond donors (Lipinski definition) is 1. The summed E-state index contributed by atoms with van der Waals surface area (Å²) < 4.78 is 14.2. The molecule has 1 aliphatic carbocycles. The summed E-state index contributed by atoms with van der Waals surface area (Å²) >= 11 is 0. The van der Waals surface area contributed by atoms with Crippen LogP contribution < -0.4 is 5.32 Å². The van der Waals surface area contributed by atoms with Gasteiger partial charge in [-0.1, -0.05) is 66.7 Å². The van der Waals surface area contributed by atoms with Gasteiger partial charge in [0.1, 0.15) is 5.82 Å². The Kier molecular flexibility index (Phi) is 6.41. The molecule has 0 spiro atoms. The topological polar surface area (TPSA) is 49.4 Å². The summed E-state index contributed by atoms with van der Waals surface area (Å²) in [5.74, 6) is -0.625. The summed E-state index contributed by atoms with van der Waals surface area (Å²) in [6.07, 6.45) is 1.96. The molecule has 31 heavy (non-hydrogen) atoms. The number of halogens is 1. The van der Waals surface area contributed by atoms with Crippen molar-refractivity contribution in [2.75, 3.05) is 0 Å². The van der Waals surface area contributed by atoms with E-state index in [1.165, 1.54) is 6.07 Å². The van der Waals surface area contributed by atoms with Gasteiger partial charge in [-0.3, -0.25) is 9.59 Å². The largest absolute Gasteiger partial charge is 0.345 e. The van der Waals surface area contributed by atoms with E-state index in [9.17, 15) is 14.0 Å². The maximum absolute atomic E-state index is 14.2. The smallest absolute Gasteiger partial charge is 0.251 e. The van der Waals surface area contributed by atoms with Gasteiger partial charge in [0.25, 0.3) is 5.91 Å². The molecule has 0 saturated heterocycles. The van der Waals surface area contributed by atoms with Gasteiger partial charge in [0.05, 0.1) is 12.5 Å². The highest BCUT2D eigenvalue weighted by molar-refractivity contribution is 5.94. The van der Waals surface area contributed by atoms with E-state index in [1.54, 1.807) is 47.4 Å². The minimum Gasteiger partial charge on any atom is -0.345 e. The molecule has 1 fully saturated rings. The number of rotatable bonds is 8. The molecule has 1 atom stereocenters. The molecule has 5 heteroatoms. The monoisotopic (exact) mass is 416 g/mol. The zero-order valence-electron chi connectivity index (χ0n) is 17.2. The summed E-state index contributed by atoms with van der Waals surface area (Å²) in [5, 5.41) is 3.01. The molecule has 1 saturated carbocycles. The van der Waals surface area contributed by atoms with E-state index in [1.807, 2.05) is 36.4 Å². The van der Waals surface area contributed by atoms with Gasteiger partial charge >= 0.3 is 0 Å². The second-order valence-electron chi connectivity index (χ2n) is 7.85. The third kappa shape index (κ3) is 5.37. The Labute approximate surface area is 181 Å². The van der Waals surface area contributed by atoms with Crippen LogP contribution in [0, 0.1) is 5.82 Å². The SMILES string of the molecule is O=C(N[C@@H](CC(=O)N(Cc1ccccc1F)C1CC1)c1ccccc1)c1ccccc1. The number of hydrogen-bond acceptors (Lipinski definition) is 2. The van der Waals surface area contributed by atoms with Crippen molar-refractivity contribution in [2.45, 2.75) is 37.9 Å². The maximum Gasteiger partial charge on any atom is 0.251 e. The Morgan fingerprint density at radius 1 is 0.903 bits per heavy atom. The fourth-order valence-electron chi connectivity index (χ4n) is 3.68. The lowest BCUT2D eigenvalue weighted by molar-refractivity contribution is -0.133. The van der Waals surface area contributed by atoms with Crippen LogP contribution in [0.15, 0.2) is 84.9 Å². The van der Waals surface area contributed by atoms with E-state index in [0.29, 0.717) is 11.1 Å². The molecule has 3 aromatic rings. The van der Waals surface area contributed by atoms with Gasteiger partial charge in [-0.2, -0.15) is 0 Å². The number of amides is 2. The van der Waals surface area contributed by atoms with E-state index in [4.69, 9.17) is 0 Å². The molecule has 0 heterocycles. The van der Waals surface area contributed by atoms with Gasteiger partial charge in [-0.25, -0.2) is 4.39 Å². The van der Waals surface area contributed by atoms with Crippen molar-refractivity contribution in [3.63, 3.8) is 0 Å². The van der Waals surface area contributed by atoms with Crippen molar-refractivity contribution in [2.24, 2.45) is 0 Å². The van der Waals surface area contributed by atoms with Gasteiger partial charge in [-0.05, 0) is 36.6 Å². The van der Waals surface area contributed by atoms with E-state index in [0.717, 1.165) is 18.4 Å². The summed E-state index contributed by atoms with van der Waals surface area (Å²) in [5.41, 5.74) is 1.91. The lowest BCUT2D eigenvalue weighted by atomic mass is 10.0.